The Hall–Kier alpha value is -3.01. The van der Waals surface area contributed by atoms with E-state index < -0.39 is 15.9 Å². The number of hydrogen-bond acceptors (Lipinski definition) is 5. The lowest BCUT2D eigenvalue weighted by Crippen LogP contribution is -2.39. The zero-order valence-electron chi connectivity index (χ0n) is 17.3. The van der Waals surface area contributed by atoms with E-state index in [9.17, 15) is 13.2 Å². The monoisotopic (exact) mass is 515 g/mol. The van der Waals surface area contributed by atoms with E-state index in [0.717, 1.165) is 19.9 Å². The summed E-state index contributed by atoms with van der Waals surface area (Å²) < 4.78 is 33.4. The molecule has 0 unspecified atom stereocenters. The van der Waals surface area contributed by atoms with Crippen molar-refractivity contribution in [2.24, 2.45) is 5.10 Å². The predicted octanol–water partition coefficient (Wildman–Crippen LogP) is 3.80. The molecule has 3 aromatic rings. The highest BCUT2D eigenvalue weighted by molar-refractivity contribution is 9.10. The molecule has 3 rings (SSSR count). The summed E-state index contributed by atoms with van der Waals surface area (Å²) in [5, 5.41) is 3.93. The average molecular weight is 516 g/mol. The van der Waals surface area contributed by atoms with Crippen molar-refractivity contribution in [1.82, 2.24) is 9.73 Å². The summed E-state index contributed by atoms with van der Waals surface area (Å²) in [6, 6.07) is 22.5. The number of nitrogens with one attached hydrogen (secondary N) is 1. The van der Waals surface area contributed by atoms with E-state index in [1.54, 1.807) is 43.5 Å². The largest absolute Gasteiger partial charge is 0.497 e. The first-order valence-corrected chi connectivity index (χ1v) is 11.9. The third-order valence-corrected chi connectivity index (χ3v) is 6.83. The van der Waals surface area contributed by atoms with Crippen molar-refractivity contribution < 1.29 is 17.9 Å². The smallest absolute Gasteiger partial charge is 0.255 e. The standard InChI is InChI=1S/C23H22BrN3O4S/c1-31-21-11-7-18(8-12-21)15-25-26-23(28)17-27(16-19-5-3-2-4-6-19)32(29,30)22-13-9-20(24)10-14-22/h2-15H,16-17H2,1H3,(H,26,28)/b25-15-. The number of carbonyl (C=O) groups excluding carboxylic acids is 1. The second-order valence-electron chi connectivity index (χ2n) is 6.78. The number of sulfonamides is 1. The lowest BCUT2D eigenvalue weighted by atomic mass is 10.2. The van der Waals surface area contributed by atoms with Crippen LogP contribution in [0.15, 0.2) is 93.3 Å². The van der Waals surface area contributed by atoms with E-state index in [2.05, 4.69) is 26.5 Å². The Morgan fingerprint density at radius 3 is 2.31 bits per heavy atom. The molecule has 9 heteroatoms. The lowest BCUT2D eigenvalue weighted by Gasteiger charge is -2.21. The van der Waals surface area contributed by atoms with Crippen LogP contribution in [0.3, 0.4) is 0 Å². The van der Waals surface area contributed by atoms with E-state index in [0.29, 0.717) is 5.75 Å². The minimum Gasteiger partial charge on any atom is -0.497 e. The molecule has 1 amide bonds. The van der Waals surface area contributed by atoms with Crippen molar-refractivity contribution in [3.8, 4) is 5.75 Å². The van der Waals surface area contributed by atoms with Crippen molar-refractivity contribution in [3.63, 3.8) is 0 Å². The molecule has 7 nitrogen and oxygen atoms in total. The fourth-order valence-electron chi connectivity index (χ4n) is 2.83. The number of carbonyl (C=O) groups is 1. The van der Waals surface area contributed by atoms with Gasteiger partial charge in [-0.05, 0) is 59.7 Å². The number of benzene rings is 3. The first kappa shape index (κ1) is 23.6. The first-order chi connectivity index (χ1) is 15.4. The summed E-state index contributed by atoms with van der Waals surface area (Å²) in [6.07, 6.45) is 1.47. The van der Waals surface area contributed by atoms with Crippen LogP contribution >= 0.6 is 15.9 Å². The number of hydrazone groups is 1. The number of methoxy groups -OCH3 is 1. The predicted molar refractivity (Wildman–Crippen MR) is 127 cm³/mol. The molecule has 0 atom stereocenters. The van der Waals surface area contributed by atoms with E-state index in [1.165, 1.54) is 18.3 Å². The molecule has 0 aliphatic heterocycles. The maximum Gasteiger partial charge on any atom is 0.255 e. The maximum atomic E-state index is 13.2. The van der Waals surface area contributed by atoms with Crippen molar-refractivity contribution in [1.29, 1.82) is 0 Å². The number of ether oxygens (including phenoxy) is 1. The van der Waals surface area contributed by atoms with Gasteiger partial charge in [0, 0.05) is 11.0 Å². The Labute approximate surface area is 195 Å². The normalized spacial score (nSPS) is 11.6. The van der Waals surface area contributed by atoms with Crippen molar-refractivity contribution in [3.05, 3.63) is 94.5 Å². The van der Waals surface area contributed by atoms with Gasteiger partial charge in [-0.2, -0.15) is 9.41 Å². The summed E-state index contributed by atoms with van der Waals surface area (Å²) in [7, 11) is -2.33. The number of rotatable bonds is 9. The minimum absolute atomic E-state index is 0.0504. The van der Waals surface area contributed by atoms with E-state index in [-0.39, 0.29) is 18.0 Å². The second-order valence-corrected chi connectivity index (χ2v) is 9.63. The van der Waals surface area contributed by atoms with Gasteiger partial charge in [0.15, 0.2) is 0 Å². The number of hydrogen-bond donors (Lipinski definition) is 1. The van der Waals surface area contributed by atoms with Crippen LogP contribution in [0.25, 0.3) is 0 Å². The van der Waals surface area contributed by atoms with Gasteiger partial charge in [0.2, 0.25) is 10.0 Å². The average Bonchev–Trinajstić information content (AvgIpc) is 2.80. The Bertz CT molecular complexity index is 1170. The molecule has 1 N–H and O–H groups in total. The number of amides is 1. The fraction of sp³-hybridized carbons (Fsp3) is 0.130. The zero-order chi connectivity index (χ0) is 23.0. The Kier molecular flexibility index (Phi) is 8.15. The highest BCUT2D eigenvalue weighted by Gasteiger charge is 2.26. The lowest BCUT2D eigenvalue weighted by molar-refractivity contribution is -0.121. The zero-order valence-corrected chi connectivity index (χ0v) is 19.7. The minimum atomic E-state index is -3.91. The molecule has 0 bridgehead atoms. The molecule has 0 heterocycles. The third-order valence-electron chi connectivity index (χ3n) is 4.49. The van der Waals surface area contributed by atoms with E-state index >= 15 is 0 Å². The Morgan fingerprint density at radius 2 is 1.69 bits per heavy atom. The van der Waals surface area contributed by atoms with Crippen LogP contribution in [0, 0.1) is 0 Å². The van der Waals surface area contributed by atoms with Crippen molar-refractivity contribution >= 4 is 38.1 Å². The number of nitrogens with zero attached hydrogens (tertiary/aromatic N) is 2. The molecule has 0 aliphatic rings. The molecular formula is C23H22BrN3O4S. The van der Waals surface area contributed by atoms with Gasteiger partial charge < -0.3 is 4.74 Å². The molecule has 0 aromatic heterocycles. The summed E-state index contributed by atoms with van der Waals surface area (Å²) in [6.45, 7) is -0.331. The summed E-state index contributed by atoms with van der Waals surface area (Å²) in [5.74, 6) is 0.160. The molecule has 0 spiro atoms. The van der Waals surface area contributed by atoms with E-state index in [4.69, 9.17) is 4.74 Å². The SMILES string of the molecule is COc1ccc(/C=N\NC(=O)CN(Cc2ccccc2)S(=O)(=O)c2ccc(Br)cc2)cc1. The molecule has 32 heavy (non-hydrogen) atoms. The highest BCUT2D eigenvalue weighted by Crippen LogP contribution is 2.20. The van der Waals surface area contributed by atoms with Crippen LogP contribution in [-0.4, -0.2) is 38.5 Å². The Morgan fingerprint density at radius 1 is 1.03 bits per heavy atom. The van der Waals surface area contributed by atoms with Crippen molar-refractivity contribution in [2.75, 3.05) is 13.7 Å². The second kappa shape index (κ2) is 11.0. The Balaban J connectivity index is 1.74. The van der Waals surface area contributed by atoms with Crippen LogP contribution in [0.4, 0.5) is 0 Å². The van der Waals surface area contributed by atoms with Gasteiger partial charge in [-0.25, -0.2) is 13.8 Å². The summed E-state index contributed by atoms with van der Waals surface area (Å²) in [5.41, 5.74) is 3.92. The topological polar surface area (TPSA) is 88.1 Å². The van der Waals surface area contributed by atoms with Crippen LogP contribution in [0.1, 0.15) is 11.1 Å². The maximum absolute atomic E-state index is 13.2. The quantitative estimate of drug-likeness (QED) is 0.346. The summed E-state index contributed by atoms with van der Waals surface area (Å²) in [4.78, 5) is 12.6. The fourth-order valence-corrected chi connectivity index (χ4v) is 4.48. The molecule has 0 aliphatic carbocycles. The molecule has 0 saturated carbocycles. The van der Waals surface area contributed by atoms with Crippen molar-refractivity contribution in [2.45, 2.75) is 11.4 Å². The van der Waals surface area contributed by atoms with Gasteiger partial charge in [0.25, 0.3) is 5.91 Å². The highest BCUT2D eigenvalue weighted by atomic mass is 79.9. The van der Waals surface area contributed by atoms with E-state index in [1.807, 2.05) is 30.3 Å². The molecule has 0 radical (unpaired) electrons. The van der Waals surface area contributed by atoms with Crippen LogP contribution in [0.2, 0.25) is 0 Å². The van der Waals surface area contributed by atoms with Gasteiger partial charge in [0.1, 0.15) is 5.75 Å². The molecule has 0 fully saturated rings. The third kappa shape index (κ3) is 6.49. The van der Waals surface area contributed by atoms with Gasteiger partial charge in [-0.1, -0.05) is 46.3 Å². The van der Waals surface area contributed by atoms with Crippen LogP contribution in [-0.2, 0) is 21.4 Å². The first-order valence-electron chi connectivity index (χ1n) is 9.64. The molecular weight excluding hydrogens is 494 g/mol. The van der Waals surface area contributed by atoms with Crippen LogP contribution < -0.4 is 10.2 Å². The van der Waals surface area contributed by atoms with Gasteiger partial charge >= 0.3 is 0 Å². The molecule has 3 aromatic carbocycles. The van der Waals surface area contributed by atoms with Gasteiger partial charge in [-0.15, -0.1) is 0 Å². The molecule has 0 saturated heterocycles. The van der Waals surface area contributed by atoms with Gasteiger partial charge in [-0.3, -0.25) is 4.79 Å². The molecule has 166 valence electrons. The number of halogens is 1. The summed E-state index contributed by atoms with van der Waals surface area (Å²) >= 11 is 3.30. The van der Waals surface area contributed by atoms with Gasteiger partial charge in [0.05, 0.1) is 24.8 Å². The van der Waals surface area contributed by atoms with Crippen LogP contribution in [0.5, 0.6) is 5.75 Å².